The summed E-state index contributed by atoms with van der Waals surface area (Å²) in [5, 5.41) is 0.237. The quantitative estimate of drug-likeness (QED) is 0.608. The van der Waals surface area contributed by atoms with Crippen molar-refractivity contribution in [3.05, 3.63) is 28.8 Å². The van der Waals surface area contributed by atoms with E-state index in [1.165, 1.54) is 6.33 Å². The average Bonchev–Trinajstić information content (AvgIpc) is 2.49. The molecule has 1 heterocycles. The Morgan fingerprint density at radius 1 is 1.64 bits per heavy atom. The Bertz CT molecular complexity index is 551. The molecule has 0 saturated heterocycles. The van der Waals surface area contributed by atoms with Crippen molar-refractivity contribution in [2.75, 3.05) is 0 Å². The molecule has 2 rings (SSSR count). The van der Waals surface area contributed by atoms with Gasteiger partial charge in [0.15, 0.2) is 5.82 Å². The number of benzene rings is 1. The molecule has 0 aliphatic carbocycles. The molecule has 0 atom stereocenters. The fraction of sp³-hybridized carbons (Fsp3) is 0.100. The third kappa shape index (κ3) is 1.08. The van der Waals surface area contributed by atoms with E-state index in [2.05, 4.69) is 10.9 Å². The molecule has 0 unspecified atom stereocenters. The van der Waals surface area contributed by atoms with Gasteiger partial charge in [0.25, 0.3) is 0 Å². The highest BCUT2D eigenvalue weighted by Gasteiger charge is 2.13. The Labute approximate surface area is 85.3 Å². The van der Waals surface area contributed by atoms with E-state index in [1.54, 1.807) is 17.7 Å². The fourth-order valence-electron chi connectivity index (χ4n) is 1.33. The van der Waals surface area contributed by atoms with Gasteiger partial charge < -0.3 is 4.57 Å². The second kappa shape index (κ2) is 3.00. The van der Waals surface area contributed by atoms with Crippen LogP contribution in [0.3, 0.4) is 0 Å². The third-order valence-electron chi connectivity index (χ3n) is 2.06. The number of fused-ring (bicyclic) bond motifs is 1. The number of imidazole rings is 1. The van der Waals surface area contributed by atoms with Crippen molar-refractivity contribution in [1.82, 2.24) is 9.55 Å². The van der Waals surface area contributed by atoms with Gasteiger partial charge in [0.2, 0.25) is 0 Å². The van der Waals surface area contributed by atoms with Crippen molar-refractivity contribution in [2.45, 2.75) is 0 Å². The molecule has 0 amide bonds. The predicted octanol–water partition coefficient (Wildman–Crippen LogP) is 2.35. The van der Waals surface area contributed by atoms with E-state index in [0.29, 0.717) is 5.52 Å². The van der Waals surface area contributed by atoms with Gasteiger partial charge >= 0.3 is 0 Å². The molecule has 70 valence electrons. The lowest BCUT2D eigenvalue weighted by Gasteiger charge is -2.00. The molecule has 4 heteroatoms. The normalized spacial score (nSPS) is 10.4. The molecule has 2 aromatic rings. The van der Waals surface area contributed by atoms with Crippen molar-refractivity contribution in [1.29, 1.82) is 0 Å². The Balaban J connectivity index is 2.96. The lowest BCUT2D eigenvalue weighted by atomic mass is 10.2. The van der Waals surface area contributed by atoms with Crippen LogP contribution in [0.15, 0.2) is 12.4 Å². The Morgan fingerprint density at radius 3 is 3.00 bits per heavy atom. The molecule has 0 aliphatic heterocycles. The highest BCUT2D eigenvalue weighted by atomic mass is 35.5. The first-order chi connectivity index (χ1) is 6.65. The maximum atomic E-state index is 13.6. The summed E-state index contributed by atoms with van der Waals surface area (Å²) in [5.41, 5.74) is 0.953. The van der Waals surface area contributed by atoms with Crippen molar-refractivity contribution < 1.29 is 4.39 Å². The molecule has 14 heavy (non-hydrogen) atoms. The monoisotopic (exact) mass is 208 g/mol. The molecule has 0 aliphatic rings. The second-order valence-electron chi connectivity index (χ2n) is 2.91. The molecule has 1 aromatic heterocycles. The summed E-state index contributed by atoms with van der Waals surface area (Å²) in [6.07, 6.45) is 6.66. The van der Waals surface area contributed by atoms with Gasteiger partial charge in [-0.15, -0.1) is 6.42 Å². The van der Waals surface area contributed by atoms with Crippen LogP contribution < -0.4 is 0 Å². The maximum absolute atomic E-state index is 13.6. The summed E-state index contributed by atoms with van der Waals surface area (Å²) in [4.78, 5) is 3.90. The minimum absolute atomic E-state index is 0.0675. The van der Waals surface area contributed by atoms with Gasteiger partial charge in [-0.2, -0.15) is 0 Å². The maximum Gasteiger partial charge on any atom is 0.168 e. The van der Waals surface area contributed by atoms with Gasteiger partial charge in [-0.3, -0.25) is 0 Å². The highest BCUT2D eigenvalue weighted by Crippen LogP contribution is 2.26. The van der Waals surface area contributed by atoms with Crippen molar-refractivity contribution in [3.8, 4) is 12.3 Å². The van der Waals surface area contributed by atoms with E-state index < -0.39 is 5.82 Å². The van der Waals surface area contributed by atoms with E-state index >= 15 is 0 Å². The number of hydrogen-bond donors (Lipinski definition) is 0. The molecular formula is C10H6ClFN2. The summed E-state index contributed by atoms with van der Waals surface area (Å²) in [7, 11) is 1.76. The number of rotatable bonds is 0. The number of aromatic nitrogens is 2. The van der Waals surface area contributed by atoms with E-state index in [-0.39, 0.29) is 16.1 Å². The van der Waals surface area contributed by atoms with Crippen LogP contribution >= 0.6 is 11.6 Å². The second-order valence-corrected chi connectivity index (χ2v) is 3.32. The van der Waals surface area contributed by atoms with Crippen LogP contribution in [0.2, 0.25) is 5.02 Å². The first-order valence-corrected chi connectivity index (χ1v) is 4.28. The summed E-state index contributed by atoms with van der Waals surface area (Å²) < 4.78 is 15.3. The molecule has 0 spiro atoms. The molecule has 1 aromatic carbocycles. The molecular weight excluding hydrogens is 203 g/mol. The zero-order chi connectivity index (χ0) is 10.3. The molecule has 2 nitrogen and oxygen atoms in total. The van der Waals surface area contributed by atoms with Gasteiger partial charge in [-0.05, 0) is 6.07 Å². The Morgan fingerprint density at radius 2 is 2.36 bits per heavy atom. The average molecular weight is 209 g/mol. The van der Waals surface area contributed by atoms with Crippen LogP contribution in [-0.4, -0.2) is 9.55 Å². The molecule has 0 fully saturated rings. The van der Waals surface area contributed by atoms with Crippen LogP contribution in [0.1, 0.15) is 5.56 Å². The van der Waals surface area contributed by atoms with Crippen LogP contribution in [-0.2, 0) is 7.05 Å². The van der Waals surface area contributed by atoms with E-state index in [1.807, 2.05) is 0 Å². The number of hydrogen-bond acceptors (Lipinski definition) is 1. The summed E-state index contributed by atoms with van der Waals surface area (Å²) in [6, 6.07) is 1.61. The van der Waals surface area contributed by atoms with E-state index in [4.69, 9.17) is 18.0 Å². The van der Waals surface area contributed by atoms with Crippen LogP contribution in [0, 0.1) is 18.2 Å². The van der Waals surface area contributed by atoms with E-state index in [9.17, 15) is 4.39 Å². The molecule has 0 bridgehead atoms. The Hall–Kier alpha value is -1.53. The molecule has 0 saturated carbocycles. The number of halogens is 2. The molecule has 0 radical (unpaired) electrons. The summed E-state index contributed by atoms with van der Waals surface area (Å²) in [6.45, 7) is 0. The van der Waals surface area contributed by atoms with Gasteiger partial charge in [0, 0.05) is 7.05 Å². The lowest BCUT2D eigenvalue weighted by Crippen LogP contribution is -1.90. The van der Waals surface area contributed by atoms with Crippen LogP contribution in [0.25, 0.3) is 11.0 Å². The number of aryl methyl sites for hydroxylation is 1. The standard InChI is InChI=1S/C10H6ClFN2/c1-3-6-7(11)4-8-10(9(6)12)13-5-14(8)2/h1,4-5H,2H3. The SMILES string of the molecule is C#Cc1c(Cl)cc2c(ncn2C)c1F. The van der Waals surface area contributed by atoms with Crippen LogP contribution in [0.4, 0.5) is 4.39 Å². The zero-order valence-electron chi connectivity index (χ0n) is 7.38. The third-order valence-corrected chi connectivity index (χ3v) is 2.35. The minimum Gasteiger partial charge on any atom is -0.334 e. The fourth-order valence-corrected chi connectivity index (χ4v) is 1.57. The smallest absolute Gasteiger partial charge is 0.168 e. The summed E-state index contributed by atoms with van der Waals surface area (Å²) in [5.74, 6) is 1.68. The summed E-state index contributed by atoms with van der Waals surface area (Å²) >= 11 is 5.81. The first kappa shape index (κ1) is 9.04. The van der Waals surface area contributed by atoms with Gasteiger partial charge in [-0.1, -0.05) is 17.5 Å². The largest absolute Gasteiger partial charge is 0.334 e. The van der Waals surface area contributed by atoms with Gasteiger partial charge in [-0.25, -0.2) is 9.37 Å². The number of terminal acetylenes is 1. The highest BCUT2D eigenvalue weighted by molar-refractivity contribution is 6.32. The van der Waals surface area contributed by atoms with Gasteiger partial charge in [0.1, 0.15) is 5.52 Å². The van der Waals surface area contributed by atoms with Crippen molar-refractivity contribution in [2.24, 2.45) is 7.05 Å². The van der Waals surface area contributed by atoms with Crippen molar-refractivity contribution >= 4 is 22.6 Å². The van der Waals surface area contributed by atoms with E-state index in [0.717, 1.165) is 0 Å². The predicted molar refractivity (Wildman–Crippen MR) is 53.6 cm³/mol. The van der Waals surface area contributed by atoms with Crippen molar-refractivity contribution in [3.63, 3.8) is 0 Å². The zero-order valence-corrected chi connectivity index (χ0v) is 8.14. The topological polar surface area (TPSA) is 17.8 Å². The van der Waals surface area contributed by atoms with Gasteiger partial charge in [0.05, 0.1) is 22.4 Å². The number of nitrogens with zero attached hydrogens (tertiary/aromatic N) is 2. The Kier molecular flexibility index (Phi) is 1.94. The van der Waals surface area contributed by atoms with Crippen LogP contribution in [0.5, 0.6) is 0 Å². The first-order valence-electron chi connectivity index (χ1n) is 3.90. The lowest BCUT2D eigenvalue weighted by molar-refractivity contribution is 0.634. The minimum atomic E-state index is -0.532. The molecule has 0 N–H and O–H groups in total.